The van der Waals surface area contributed by atoms with Gasteiger partial charge in [0.25, 0.3) is 0 Å². The van der Waals surface area contributed by atoms with Crippen molar-refractivity contribution in [3.63, 3.8) is 0 Å². The smallest absolute Gasteiger partial charge is 0.250 e. The minimum absolute atomic E-state index is 0. The molecule has 0 saturated heterocycles. The van der Waals surface area contributed by atoms with Crippen molar-refractivity contribution >= 4 is 24.0 Å². The summed E-state index contributed by atoms with van der Waals surface area (Å²) >= 11 is 0. The predicted octanol–water partition coefficient (Wildman–Crippen LogP) is 2.46. The number of benzene rings is 1. The predicted molar refractivity (Wildman–Crippen MR) is 78.4 cm³/mol. The van der Waals surface area contributed by atoms with Crippen molar-refractivity contribution in [2.75, 3.05) is 11.9 Å². The summed E-state index contributed by atoms with van der Waals surface area (Å²) in [5.74, 6) is -0.0950. The van der Waals surface area contributed by atoms with Crippen molar-refractivity contribution in [1.82, 2.24) is 0 Å². The van der Waals surface area contributed by atoms with E-state index in [2.05, 4.69) is 5.32 Å². The molecule has 0 unspecified atom stereocenters. The Labute approximate surface area is 120 Å². The average molecular weight is 285 g/mol. The molecule has 1 amide bonds. The van der Waals surface area contributed by atoms with Crippen molar-refractivity contribution < 1.29 is 9.53 Å². The summed E-state index contributed by atoms with van der Waals surface area (Å²) < 4.78 is 5.55. The molecule has 1 aliphatic carbocycles. The van der Waals surface area contributed by atoms with Crippen LogP contribution in [0.2, 0.25) is 0 Å². The maximum Gasteiger partial charge on any atom is 0.250 e. The van der Waals surface area contributed by atoms with Gasteiger partial charge in [0, 0.05) is 12.2 Å². The summed E-state index contributed by atoms with van der Waals surface area (Å²) in [7, 11) is 0. The van der Waals surface area contributed by atoms with Gasteiger partial charge in [-0.1, -0.05) is 25.0 Å². The first-order chi connectivity index (χ1) is 8.78. The fourth-order valence-electron chi connectivity index (χ4n) is 2.17. The maximum absolute atomic E-state index is 11.7. The molecule has 5 heteroatoms. The minimum atomic E-state index is -0.0950. The second-order valence-corrected chi connectivity index (χ2v) is 4.67. The molecule has 3 N–H and O–H groups in total. The number of nitrogens with two attached hydrogens (primary N) is 1. The zero-order valence-corrected chi connectivity index (χ0v) is 11.7. The Bertz CT molecular complexity index is 389. The first-order valence-corrected chi connectivity index (χ1v) is 6.48. The fourth-order valence-corrected chi connectivity index (χ4v) is 2.17. The van der Waals surface area contributed by atoms with Crippen molar-refractivity contribution in [2.45, 2.75) is 38.3 Å². The molecule has 0 heterocycles. The lowest BCUT2D eigenvalue weighted by molar-refractivity contribution is -0.122. The number of ether oxygens (including phenoxy) is 1. The number of hydrogen-bond acceptors (Lipinski definition) is 3. The molecule has 0 bridgehead atoms. The van der Waals surface area contributed by atoms with E-state index in [4.69, 9.17) is 10.5 Å². The van der Waals surface area contributed by atoms with Crippen LogP contribution in [0.1, 0.15) is 31.2 Å². The Morgan fingerprint density at radius 2 is 1.89 bits per heavy atom. The minimum Gasteiger partial charge on any atom is -0.368 e. The summed E-state index contributed by atoms with van der Waals surface area (Å²) in [6, 6.07) is 7.53. The number of rotatable bonds is 5. The summed E-state index contributed by atoms with van der Waals surface area (Å²) in [6.07, 6.45) is 4.87. The van der Waals surface area contributed by atoms with E-state index in [1.165, 1.54) is 12.8 Å². The Kier molecular flexibility index (Phi) is 6.84. The van der Waals surface area contributed by atoms with Crippen LogP contribution in [0.5, 0.6) is 0 Å². The van der Waals surface area contributed by atoms with E-state index in [0.717, 1.165) is 24.1 Å². The van der Waals surface area contributed by atoms with Crippen LogP contribution in [0, 0.1) is 0 Å². The first kappa shape index (κ1) is 16.0. The Balaban J connectivity index is 0.00000180. The van der Waals surface area contributed by atoms with E-state index in [1.807, 2.05) is 24.3 Å². The molecule has 4 nitrogen and oxygen atoms in total. The molecule has 0 spiro atoms. The summed E-state index contributed by atoms with van der Waals surface area (Å²) in [5.41, 5.74) is 7.35. The van der Waals surface area contributed by atoms with Crippen LogP contribution in [0.25, 0.3) is 0 Å². The number of carbonyl (C=O) groups is 1. The number of halogens is 1. The first-order valence-electron chi connectivity index (χ1n) is 6.48. The molecule has 1 aromatic carbocycles. The summed E-state index contributed by atoms with van der Waals surface area (Å²) in [5, 5.41) is 2.81. The van der Waals surface area contributed by atoms with Crippen LogP contribution in [-0.4, -0.2) is 18.6 Å². The van der Waals surface area contributed by atoms with E-state index in [0.29, 0.717) is 6.54 Å². The van der Waals surface area contributed by atoms with Gasteiger partial charge >= 0.3 is 0 Å². The third kappa shape index (κ3) is 5.19. The zero-order chi connectivity index (χ0) is 12.8. The average Bonchev–Trinajstić information content (AvgIpc) is 2.90. The lowest BCUT2D eigenvalue weighted by Crippen LogP contribution is -2.21. The van der Waals surface area contributed by atoms with Crippen molar-refractivity contribution in [1.29, 1.82) is 0 Å². The maximum atomic E-state index is 11.7. The topological polar surface area (TPSA) is 64.3 Å². The number of carbonyl (C=O) groups excluding carboxylic acids is 1. The van der Waals surface area contributed by atoms with Crippen LogP contribution in [0.15, 0.2) is 24.3 Å². The second kappa shape index (κ2) is 8.15. The molecule has 1 aliphatic rings. The van der Waals surface area contributed by atoms with Gasteiger partial charge in [-0.3, -0.25) is 4.79 Å². The monoisotopic (exact) mass is 284 g/mol. The third-order valence-corrected chi connectivity index (χ3v) is 3.23. The quantitative estimate of drug-likeness (QED) is 0.873. The molecule has 19 heavy (non-hydrogen) atoms. The lowest BCUT2D eigenvalue weighted by Gasteiger charge is -2.11. The lowest BCUT2D eigenvalue weighted by atomic mass is 10.2. The summed E-state index contributed by atoms with van der Waals surface area (Å²) in [4.78, 5) is 11.7. The van der Waals surface area contributed by atoms with Crippen LogP contribution in [0.3, 0.4) is 0 Å². The Morgan fingerprint density at radius 3 is 2.47 bits per heavy atom. The van der Waals surface area contributed by atoms with Crippen molar-refractivity contribution in [3.8, 4) is 0 Å². The van der Waals surface area contributed by atoms with E-state index in [9.17, 15) is 4.79 Å². The third-order valence-electron chi connectivity index (χ3n) is 3.23. The molecule has 0 radical (unpaired) electrons. The van der Waals surface area contributed by atoms with Gasteiger partial charge in [-0.2, -0.15) is 0 Å². The molecule has 0 atom stereocenters. The van der Waals surface area contributed by atoms with Gasteiger partial charge in [0.2, 0.25) is 5.91 Å². The van der Waals surface area contributed by atoms with E-state index < -0.39 is 0 Å². The van der Waals surface area contributed by atoms with Gasteiger partial charge in [0.05, 0.1) is 6.10 Å². The molecule has 0 aromatic heterocycles. The van der Waals surface area contributed by atoms with Crippen LogP contribution >= 0.6 is 12.4 Å². The van der Waals surface area contributed by atoms with Gasteiger partial charge in [-0.25, -0.2) is 0 Å². The molecular weight excluding hydrogens is 264 g/mol. The van der Waals surface area contributed by atoms with E-state index in [1.54, 1.807) is 0 Å². The normalized spacial score (nSPS) is 15.0. The van der Waals surface area contributed by atoms with Crippen LogP contribution < -0.4 is 11.1 Å². The van der Waals surface area contributed by atoms with Crippen LogP contribution in [0.4, 0.5) is 5.69 Å². The number of nitrogens with one attached hydrogen (secondary N) is 1. The highest BCUT2D eigenvalue weighted by Crippen LogP contribution is 2.20. The standard InChI is InChI=1S/C14H20N2O2.ClH/c15-9-11-5-7-12(8-6-11)16-14(17)10-18-13-3-1-2-4-13;/h5-8,13H,1-4,9-10,15H2,(H,16,17);1H. The number of hydrogen-bond donors (Lipinski definition) is 2. The summed E-state index contributed by atoms with van der Waals surface area (Å²) in [6.45, 7) is 0.655. The second-order valence-electron chi connectivity index (χ2n) is 4.67. The van der Waals surface area contributed by atoms with Crippen molar-refractivity contribution in [2.24, 2.45) is 5.73 Å². The largest absolute Gasteiger partial charge is 0.368 e. The fraction of sp³-hybridized carbons (Fsp3) is 0.500. The number of amides is 1. The molecule has 0 aliphatic heterocycles. The Morgan fingerprint density at radius 1 is 1.26 bits per heavy atom. The highest BCUT2D eigenvalue weighted by Gasteiger charge is 2.16. The Hall–Kier alpha value is -1.10. The van der Waals surface area contributed by atoms with Crippen LogP contribution in [-0.2, 0) is 16.1 Å². The SMILES string of the molecule is Cl.NCc1ccc(NC(=O)COC2CCCC2)cc1. The van der Waals surface area contributed by atoms with E-state index >= 15 is 0 Å². The van der Waals surface area contributed by atoms with E-state index in [-0.39, 0.29) is 31.0 Å². The van der Waals surface area contributed by atoms with Gasteiger partial charge < -0.3 is 15.8 Å². The zero-order valence-electron chi connectivity index (χ0n) is 10.9. The molecular formula is C14H21ClN2O2. The van der Waals surface area contributed by atoms with Crippen molar-refractivity contribution in [3.05, 3.63) is 29.8 Å². The molecule has 1 fully saturated rings. The number of anilines is 1. The van der Waals surface area contributed by atoms with Gasteiger partial charge in [-0.05, 0) is 30.5 Å². The molecule has 1 saturated carbocycles. The van der Waals surface area contributed by atoms with Gasteiger partial charge in [0.15, 0.2) is 0 Å². The molecule has 1 aromatic rings. The molecule has 2 rings (SSSR count). The highest BCUT2D eigenvalue weighted by atomic mass is 35.5. The van der Waals surface area contributed by atoms with Gasteiger partial charge in [0.1, 0.15) is 6.61 Å². The highest BCUT2D eigenvalue weighted by molar-refractivity contribution is 5.91. The molecule has 106 valence electrons. The van der Waals surface area contributed by atoms with Gasteiger partial charge in [-0.15, -0.1) is 12.4 Å².